The molecular formula is C14H15N5. The van der Waals surface area contributed by atoms with Crippen LogP contribution in [0.2, 0.25) is 0 Å². The lowest BCUT2D eigenvalue weighted by molar-refractivity contribution is 1.02. The van der Waals surface area contributed by atoms with Gasteiger partial charge >= 0.3 is 0 Å². The molecule has 3 aromatic rings. The molecule has 0 aliphatic rings. The van der Waals surface area contributed by atoms with Gasteiger partial charge < -0.3 is 10.7 Å². The SMILES string of the molecule is CCc1nc(-c2cccnc2)nc2[nH]cc(CN)c12. The zero-order valence-electron chi connectivity index (χ0n) is 10.7. The van der Waals surface area contributed by atoms with Gasteiger partial charge in [-0.05, 0) is 24.1 Å². The van der Waals surface area contributed by atoms with Gasteiger partial charge in [0.1, 0.15) is 5.65 Å². The summed E-state index contributed by atoms with van der Waals surface area (Å²) in [5.41, 5.74) is 9.58. The maximum Gasteiger partial charge on any atom is 0.163 e. The Bertz CT molecular complexity index is 702. The standard InChI is InChI=1S/C14H15N5/c1-2-11-12-10(6-15)8-17-14(12)19-13(18-11)9-4-3-5-16-7-9/h3-5,7-8H,2,6,15H2,1H3,(H,17,18,19). The van der Waals surface area contributed by atoms with Crippen molar-refractivity contribution in [2.24, 2.45) is 5.73 Å². The van der Waals surface area contributed by atoms with Crippen molar-refractivity contribution < 1.29 is 0 Å². The number of pyridine rings is 1. The van der Waals surface area contributed by atoms with E-state index < -0.39 is 0 Å². The summed E-state index contributed by atoms with van der Waals surface area (Å²) in [6, 6.07) is 3.84. The number of aromatic amines is 1. The van der Waals surface area contributed by atoms with Crippen molar-refractivity contribution in [2.45, 2.75) is 19.9 Å². The highest BCUT2D eigenvalue weighted by molar-refractivity contribution is 5.83. The van der Waals surface area contributed by atoms with E-state index in [9.17, 15) is 0 Å². The lowest BCUT2D eigenvalue weighted by Crippen LogP contribution is -2.00. The number of nitrogens with zero attached hydrogens (tertiary/aromatic N) is 3. The van der Waals surface area contributed by atoms with E-state index in [0.29, 0.717) is 12.4 Å². The molecule has 0 spiro atoms. The first-order valence-electron chi connectivity index (χ1n) is 6.30. The van der Waals surface area contributed by atoms with Crippen LogP contribution in [0.15, 0.2) is 30.7 Å². The largest absolute Gasteiger partial charge is 0.346 e. The van der Waals surface area contributed by atoms with Crippen LogP contribution in [-0.2, 0) is 13.0 Å². The van der Waals surface area contributed by atoms with Gasteiger partial charge in [-0.1, -0.05) is 6.92 Å². The van der Waals surface area contributed by atoms with Crippen molar-refractivity contribution >= 4 is 11.0 Å². The van der Waals surface area contributed by atoms with Gasteiger partial charge in [0.25, 0.3) is 0 Å². The molecule has 0 fully saturated rings. The zero-order chi connectivity index (χ0) is 13.2. The van der Waals surface area contributed by atoms with Crippen molar-refractivity contribution in [2.75, 3.05) is 0 Å². The lowest BCUT2D eigenvalue weighted by atomic mass is 10.1. The molecule has 0 unspecified atom stereocenters. The first-order valence-corrected chi connectivity index (χ1v) is 6.30. The van der Waals surface area contributed by atoms with Gasteiger partial charge in [-0.25, -0.2) is 9.97 Å². The van der Waals surface area contributed by atoms with Crippen molar-refractivity contribution in [3.05, 3.63) is 42.0 Å². The second-order valence-corrected chi connectivity index (χ2v) is 4.33. The van der Waals surface area contributed by atoms with Gasteiger partial charge in [-0.15, -0.1) is 0 Å². The highest BCUT2D eigenvalue weighted by atomic mass is 15.0. The Morgan fingerprint density at radius 2 is 2.21 bits per heavy atom. The third-order valence-corrected chi connectivity index (χ3v) is 3.16. The molecule has 3 N–H and O–H groups in total. The quantitative estimate of drug-likeness (QED) is 0.748. The summed E-state index contributed by atoms with van der Waals surface area (Å²) >= 11 is 0. The number of aryl methyl sites for hydroxylation is 1. The molecule has 5 nitrogen and oxygen atoms in total. The normalized spacial score (nSPS) is 11.1. The first kappa shape index (κ1) is 11.8. The summed E-state index contributed by atoms with van der Waals surface area (Å²) in [6.07, 6.45) is 6.26. The van der Waals surface area contributed by atoms with E-state index in [1.165, 1.54) is 0 Å². The molecule has 0 amide bonds. The second-order valence-electron chi connectivity index (χ2n) is 4.33. The maximum absolute atomic E-state index is 5.75. The van der Waals surface area contributed by atoms with Crippen LogP contribution in [0.4, 0.5) is 0 Å². The number of rotatable bonds is 3. The number of aromatic nitrogens is 4. The Morgan fingerprint density at radius 1 is 1.32 bits per heavy atom. The van der Waals surface area contributed by atoms with Crippen LogP contribution in [0, 0.1) is 0 Å². The van der Waals surface area contributed by atoms with E-state index in [1.807, 2.05) is 18.3 Å². The van der Waals surface area contributed by atoms with Crippen molar-refractivity contribution in [1.82, 2.24) is 19.9 Å². The van der Waals surface area contributed by atoms with E-state index in [4.69, 9.17) is 5.73 Å². The molecule has 3 aromatic heterocycles. The van der Waals surface area contributed by atoms with Crippen molar-refractivity contribution in [1.29, 1.82) is 0 Å². The van der Waals surface area contributed by atoms with Crippen LogP contribution >= 0.6 is 0 Å². The average Bonchev–Trinajstić information content (AvgIpc) is 2.90. The minimum Gasteiger partial charge on any atom is -0.346 e. The molecular weight excluding hydrogens is 238 g/mol. The first-order chi connectivity index (χ1) is 9.33. The predicted molar refractivity (Wildman–Crippen MR) is 74.4 cm³/mol. The number of hydrogen-bond acceptors (Lipinski definition) is 4. The van der Waals surface area contributed by atoms with Crippen LogP contribution in [0.3, 0.4) is 0 Å². The molecule has 5 heteroatoms. The Kier molecular flexibility index (Phi) is 2.97. The number of nitrogens with one attached hydrogen (secondary N) is 1. The van der Waals surface area contributed by atoms with E-state index in [2.05, 4.69) is 26.9 Å². The van der Waals surface area contributed by atoms with Crippen LogP contribution in [0.1, 0.15) is 18.2 Å². The van der Waals surface area contributed by atoms with Crippen LogP contribution in [0.25, 0.3) is 22.4 Å². The number of hydrogen-bond donors (Lipinski definition) is 2. The van der Waals surface area contributed by atoms with Gasteiger partial charge in [-0.2, -0.15) is 0 Å². The van der Waals surface area contributed by atoms with E-state index in [0.717, 1.165) is 34.3 Å². The van der Waals surface area contributed by atoms with E-state index in [-0.39, 0.29) is 0 Å². The molecule has 0 saturated carbocycles. The molecule has 96 valence electrons. The molecule has 0 aliphatic heterocycles. The van der Waals surface area contributed by atoms with Gasteiger partial charge in [0.2, 0.25) is 0 Å². The summed E-state index contributed by atoms with van der Waals surface area (Å²) in [7, 11) is 0. The fraction of sp³-hybridized carbons (Fsp3) is 0.214. The summed E-state index contributed by atoms with van der Waals surface area (Å²) in [5.74, 6) is 0.697. The van der Waals surface area contributed by atoms with Gasteiger partial charge in [0.05, 0.1) is 5.69 Å². The van der Waals surface area contributed by atoms with Crippen molar-refractivity contribution in [3.8, 4) is 11.4 Å². The van der Waals surface area contributed by atoms with E-state index >= 15 is 0 Å². The lowest BCUT2D eigenvalue weighted by Gasteiger charge is -2.05. The van der Waals surface area contributed by atoms with Gasteiger partial charge in [0, 0.05) is 36.1 Å². The van der Waals surface area contributed by atoms with Crippen molar-refractivity contribution in [3.63, 3.8) is 0 Å². The Balaban J connectivity index is 2.24. The number of fused-ring (bicyclic) bond motifs is 1. The molecule has 0 atom stereocenters. The predicted octanol–water partition coefficient (Wildman–Crippen LogP) is 2.04. The summed E-state index contributed by atoms with van der Waals surface area (Å²) in [4.78, 5) is 16.5. The van der Waals surface area contributed by atoms with Gasteiger partial charge in [0.15, 0.2) is 5.82 Å². The fourth-order valence-corrected chi connectivity index (χ4v) is 2.22. The Hall–Kier alpha value is -2.27. The molecule has 0 saturated heterocycles. The molecule has 0 aliphatic carbocycles. The third kappa shape index (κ3) is 1.98. The van der Waals surface area contributed by atoms with Crippen LogP contribution in [0.5, 0.6) is 0 Å². The topological polar surface area (TPSA) is 80.5 Å². The smallest absolute Gasteiger partial charge is 0.163 e. The molecule has 3 heterocycles. The molecule has 0 bridgehead atoms. The third-order valence-electron chi connectivity index (χ3n) is 3.16. The Morgan fingerprint density at radius 3 is 2.89 bits per heavy atom. The monoisotopic (exact) mass is 253 g/mol. The van der Waals surface area contributed by atoms with Crippen LogP contribution < -0.4 is 5.73 Å². The summed E-state index contributed by atoms with van der Waals surface area (Å²) < 4.78 is 0. The van der Waals surface area contributed by atoms with E-state index in [1.54, 1.807) is 12.4 Å². The molecule has 19 heavy (non-hydrogen) atoms. The molecule has 3 rings (SSSR count). The summed E-state index contributed by atoms with van der Waals surface area (Å²) in [6.45, 7) is 2.57. The fourth-order valence-electron chi connectivity index (χ4n) is 2.22. The highest BCUT2D eigenvalue weighted by Crippen LogP contribution is 2.23. The minimum absolute atomic E-state index is 0.489. The average molecular weight is 253 g/mol. The maximum atomic E-state index is 5.75. The minimum atomic E-state index is 0.489. The molecule has 0 radical (unpaired) electrons. The zero-order valence-corrected chi connectivity index (χ0v) is 10.7. The van der Waals surface area contributed by atoms with Gasteiger partial charge in [-0.3, -0.25) is 4.98 Å². The molecule has 0 aromatic carbocycles. The Labute approximate surface area is 110 Å². The summed E-state index contributed by atoms with van der Waals surface area (Å²) in [5, 5.41) is 1.05. The second kappa shape index (κ2) is 4.78. The van der Waals surface area contributed by atoms with Crippen LogP contribution in [-0.4, -0.2) is 19.9 Å². The highest BCUT2D eigenvalue weighted by Gasteiger charge is 2.12. The number of H-pyrrole nitrogens is 1. The number of nitrogens with two attached hydrogens (primary N) is 1.